The highest BCUT2D eigenvalue weighted by atomic mass is 79.9. The molecule has 0 fully saturated rings. The SMILES string of the molecule is CCNC(=NCCc1ccco1)N(C)Cc1ccc(Br)s1. The Hall–Kier alpha value is -1.27. The molecule has 0 radical (unpaired) electrons. The third-order valence-electron chi connectivity index (χ3n) is 2.92. The van der Waals surface area contributed by atoms with Crippen molar-refractivity contribution in [3.8, 4) is 0 Å². The highest BCUT2D eigenvalue weighted by molar-refractivity contribution is 9.11. The van der Waals surface area contributed by atoms with Gasteiger partial charge in [-0.1, -0.05) is 0 Å². The summed E-state index contributed by atoms with van der Waals surface area (Å²) in [5.74, 6) is 1.90. The summed E-state index contributed by atoms with van der Waals surface area (Å²) in [6.45, 7) is 4.51. The average Bonchev–Trinajstić information content (AvgIpc) is 3.10. The zero-order chi connectivity index (χ0) is 15.1. The number of aliphatic imine (C=N–C) groups is 1. The summed E-state index contributed by atoms with van der Waals surface area (Å²) in [6, 6.07) is 8.10. The maximum absolute atomic E-state index is 5.33. The molecule has 0 bridgehead atoms. The van der Waals surface area contributed by atoms with Gasteiger partial charge in [0.25, 0.3) is 0 Å². The molecule has 21 heavy (non-hydrogen) atoms. The first-order valence-corrected chi connectivity index (χ1v) is 8.56. The molecule has 0 aliphatic heterocycles. The molecule has 114 valence electrons. The molecule has 0 aliphatic rings. The molecule has 0 unspecified atom stereocenters. The summed E-state index contributed by atoms with van der Waals surface area (Å²) < 4.78 is 6.49. The number of nitrogens with one attached hydrogen (secondary N) is 1. The molecule has 0 spiro atoms. The Kier molecular flexibility index (Phi) is 6.32. The smallest absolute Gasteiger partial charge is 0.193 e. The van der Waals surface area contributed by atoms with Gasteiger partial charge in [0.1, 0.15) is 5.76 Å². The first-order chi connectivity index (χ1) is 10.2. The number of hydrogen-bond acceptors (Lipinski definition) is 3. The second-order valence-electron chi connectivity index (χ2n) is 4.63. The molecule has 0 atom stereocenters. The predicted molar refractivity (Wildman–Crippen MR) is 91.9 cm³/mol. The third-order valence-corrected chi connectivity index (χ3v) is 4.53. The molecule has 6 heteroatoms. The molecule has 4 nitrogen and oxygen atoms in total. The molecule has 2 rings (SSSR count). The number of rotatable bonds is 6. The quantitative estimate of drug-likeness (QED) is 0.622. The molecular weight excluding hydrogens is 350 g/mol. The van der Waals surface area contributed by atoms with Crippen LogP contribution >= 0.6 is 27.3 Å². The number of thiophene rings is 1. The summed E-state index contributed by atoms with van der Waals surface area (Å²) in [4.78, 5) is 8.10. The third kappa shape index (κ3) is 5.21. The van der Waals surface area contributed by atoms with E-state index in [1.54, 1.807) is 17.6 Å². The van der Waals surface area contributed by atoms with Crippen LogP contribution in [0.5, 0.6) is 0 Å². The second kappa shape index (κ2) is 8.24. The van der Waals surface area contributed by atoms with Crippen LogP contribution in [-0.4, -0.2) is 31.0 Å². The minimum absolute atomic E-state index is 0.717. The molecule has 2 heterocycles. The molecule has 1 N–H and O–H groups in total. The minimum atomic E-state index is 0.717. The maximum Gasteiger partial charge on any atom is 0.193 e. The van der Waals surface area contributed by atoms with E-state index in [0.29, 0.717) is 6.54 Å². The van der Waals surface area contributed by atoms with E-state index in [1.165, 1.54) is 4.88 Å². The van der Waals surface area contributed by atoms with Gasteiger partial charge in [-0.25, -0.2) is 0 Å². The number of hydrogen-bond donors (Lipinski definition) is 1. The summed E-state index contributed by atoms with van der Waals surface area (Å²) >= 11 is 5.25. The first kappa shape index (κ1) is 16.1. The first-order valence-electron chi connectivity index (χ1n) is 6.95. The van der Waals surface area contributed by atoms with Crippen LogP contribution in [-0.2, 0) is 13.0 Å². The van der Waals surface area contributed by atoms with E-state index in [1.807, 2.05) is 12.1 Å². The van der Waals surface area contributed by atoms with Crippen LogP contribution < -0.4 is 5.32 Å². The normalized spacial score (nSPS) is 11.7. The van der Waals surface area contributed by atoms with Crippen LogP contribution in [0.4, 0.5) is 0 Å². The van der Waals surface area contributed by atoms with Crippen molar-refractivity contribution in [3.63, 3.8) is 0 Å². The van der Waals surface area contributed by atoms with Crippen LogP contribution in [0, 0.1) is 0 Å². The fourth-order valence-electron chi connectivity index (χ4n) is 1.94. The Labute approximate surface area is 138 Å². The van der Waals surface area contributed by atoms with E-state index in [4.69, 9.17) is 4.42 Å². The molecule has 2 aromatic heterocycles. The van der Waals surface area contributed by atoms with Crippen molar-refractivity contribution in [1.82, 2.24) is 10.2 Å². The van der Waals surface area contributed by atoms with E-state index in [2.05, 4.69) is 57.2 Å². The van der Waals surface area contributed by atoms with Gasteiger partial charge < -0.3 is 14.6 Å². The van der Waals surface area contributed by atoms with Gasteiger partial charge in [0.05, 0.1) is 16.6 Å². The Morgan fingerprint density at radius 1 is 1.43 bits per heavy atom. The van der Waals surface area contributed by atoms with Crippen LogP contribution in [0.2, 0.25) is 0 Å². The van der Waals surface area contributed by atoms with E-state index in [0.717, 1.165) is 35.0 Å². The molecule has 2 aromatic rings. The van der Waals surface area contributed by atoms with Gasteiger partial charge in [0.15, 0.2) is 5.96 Å². The number of furan rings is 1. The van der Waals surface area contributed by atoms with Crippen molar-refractivity contribution >= 4 is 33.2 Å². The lowest BCUT2D eigenvalue weighted by molar-refractivity contribution is 0.478. The van der Waals surface area contributed by atoms with Crippen LogP contribution in [0.15, 0.2) is 43.7 Å². The summed E-state index contributed by atoms with van der Waals surface area (Å²) in [7, 11) is 2.06. The largest absolute Gasteiger partial charge is 0.469 e. The lowest BCUT2D eigenvalue weighted by atomic mass is 10.3. The second-order valence-corrected chi connectivity index (χ2v) is 7.17. The van der Waals surface area contributed by atoms with Gasteiger partial charge in [-0.2, -0.15) is 0 Å². The average molecular weight is 370 g/mol. The van der Waals surface area contributed by atoms with Crippen LogP contribution in [0.1, 0.15) is 17.6 Å². The van der Waals surface area contributed by atoms with Crippen molar-refractivity contribution in [2.75, 3.05) is 20.1 Å². The van der Waals surface area contributed by atoms with Gasteiger partial charge in [0.2, 0.25) is 0 Å². The number of halogens is 1. The van der Waals surface area contributed by atoms with Gasteiger partial charge in [-0.15, -0.1) is 11.3 Å². The van der Waals surface area contributed by atoms with Crippen LogP contribution in [0.25, 0.3) is 0 Å². The van der Waals surface area contributed by atoms with Crippen molar-refractivity contribution in [3.05, 3.63) is 45.0 Å². The summed E-state index contributed by atoms with van der Waals surface area (Å²) in [5, 5.41) is 3.33. The molecular formula is C15H20BrN3OS. The van der Waals surface area contributed by atoms with Gasteiger partial charge >= 0.3 is 0 Å². The molecule has 0 amide bonds. The molecule has 0 aliphatic carbocycles. The Bertz CT molecular complexity index is 565. The van der Waals surface area contributed by atoms with Crippen LogP contribution in [0.3, 0.4) is 0 Å². The fourth-order valence-corrected chi connectivity index (χ4v) is 3.48. The van der Waals surface area contributed by atoms with Gasteiger partial charge in [-0.3, -0.25) is 4.99 Å². The van der Waals surface area contributed by atoms with Gasteiger partial charge in [0, 0.05) is 31.4 Å². The lowest BCUT2D eigenvalue weighted by Gasteiger charge is -2.21. The van der Waals surface area contributed by atoms with Crippen molar-refractivity contribution in [1.29, 1.82) is 0 Å². The van der Waals surface area contributed by atoms with Crippen molar-refractivity contribution in [2.24, 2.45) is 4.99 Å². The highest BCUT2D eigenvalue weighted by Gasteiger charge is 2.08. The molecule has 0 saturated carbocycles. The van der Waals surface area contributed by atoms with E-state index in [9.17, 15) is 0 Å². The molecule has 0 aromatic carbocycles. The Balaban J connectivity index is 1.92. The van der Waals surface area contributed by atoms with E-state index in [-0.39, 0.29) is 0 Å². The topological polar surface area (TPSA) is 40.8 Å². The van der Waals surface area contributed by atoms with E-state index >= 15 is 0 Å². The number of nitrogens with zero attached hydrogens (tertiary/aromatic N) is 2. The minimum Gasteiger partial charge on any atom is -0.469 e. The molecule has 0 saturated heterocycles. The fraction of sp³-hybridized carbons (Fsp3) is 0.400. The Morgan fingerprint density at radius 2 is 2.29 bits per heavy atom. The standard InChI is InChI=1S/C15H20BrN3OS/c1-3-17-15(18-9-8-12-5-4-10-20-12)19(2)11-13-6-7-14(16)21-13/h4-7,10H,3,8-9,11H2,1-2H3,(H,17,18). The summed E-state index contributed by atoms with van der Waals surface area (Å²) in [6.07, 6.45) is 2.52. The van der Waals surface area contributed by atoms with Crippen molar-refractivity contribution < 1.29 is 4.42 Å². The van der Waals surface area contributed by atoms with Crippen molar-refractivity contribution in [2.45, 2.75) is 19.9 Å². The lowest BCUT2D eigenvalue weighted by Crippen LogP contribution is -2.38. The monoisotopic (exact) mass is 369 g/mol. The predicted octanol–water partition coefficient (Wildman–Crippen LogP) is 3.74. The Morgan fingerprint density at radius 3 is 2.90 bits per heavy atom. The summed E-state index contributed by atoms with van der Waals surface area (Å²) in [5.41, 5.74) is 0. The zero-order valence-corrected chi connectivity index (χ0v) is 14.7. The maximum atomic E-state index is 5.33. The highest BCUT2D eigenvalue weighted by Crippen LogP contribution is 2.22. The zero-order valence-electron chi connectivity index (χ0n) is 12.3. The number of guanidine groups is 1. The van der Waals surface area contributed by atoms with Gasteiger partial charge in [-0.05, 0) is 47.1 Å². The van der Waals surface area contributed by atoms with E-state index < -0.39 is 0 Å².